The maximum atomic E-state index is 11.9. The van der Waals surface area contributed by atoms with Crippen molar-refractivity contribution in [1.82, 2.24) is 9.78 Å². The molecule has 0 spiro atoms. The van der Waals surface area contributed by atoms with Crippen molar-refractivity contribution in [2.75, 3.05) is 0 Å². The Morgan fingerprint density at radius 2 is 2.22 bits per heavy atom. The zero-order valence-electron chi connectivity index (χ0n) is 11.4. The van der Waals surface area contributed by atoms with E-state index in [4.69, 9.17) is 17.3 Å². The van der Waals surface area contributed by atoms with E-state index in [1.165, 1.54) is 0 Å². The molecule has 0 aliphatic carbocycles. The molecule has 0 bridgehead atoms. The monoisotopic (exact) mass is 271 g/mol. The second-order valence-electron chi connectivity index (χ2n) is 4.75. The van der Waals surface area contributed by atoms with Crippen LogP contribution in [0, 0.1) is 6.92 Å². The van der Waals surface area contributed by atoms with Gasteiger partial charge in [0.25, 0.3) is 0 Å². The molecule has 1 atom stereocenters. The van der Waals surface area contributed by atoms with Crippen molar-refractivity contribution in [2.45, 2.75) is 59.0 Å². The normalized spacial score (nSPS) is 12.7. The zero-order chi connectivity index (χ0) is 13.7. The van der Waals surface area contributed by atoms with Gasteiger partial charge in [0.2, 0.25) is 0 Å². The van der Waals surface area contributed by atoms with Gasteiger partial charge in [0.15, 0.2) is 0 Å². The summed E-state index contributed by atoms with van der Waals surface area (Å²) >= 11 is 6.17. The minimum Gasteiger partial charge on any atom is -0.328 e. The molecule has 4 nitrogen and oxygen atoms in total. The summed E-state index contributed by atoms with van der Waals surface area (Å²) < 4.78 is 1.81. The topological polar surface area (TPSA) is 60.9 Å². The molecule has 0 saturated carbocycles. The van der Waals surface area contributed by atoms with Crippen molar-refractivity contribution in [3.63, 3.8) is 0 Å². The number of carbonyl (C=O) groups is 1. The van der Waals surface area contributed by atoms with Crippen molar-refractivity contribution < 1.29 is 4.79 Å². The van der Waals surface area contributed by atoms with Gasteiger partial charge >= 0.3 is 0 Å². The molecule has 0 saturated heterocycles. The predicted molar refractivity (Wildman–Crippen MR) is 73.9 cm³/mol. The SMILES string of the molecule is CCn1nc(C)c(Cl)c1CC(=O)CCCC(C)N. The third-order valence-electron chi connectivity index (χ3n) is 2.93. The Morgan fingerprint density at radius 1 is 1.56 bits per heavy atom. The number of aromatic nitrogens is 2. The minimum atomic E-state index is 0.157. The van der Waals surface area contributed by atoms with E-state index in [2.05, 4.69) is 5.10 Å². The van der Waals surface area contributed by atoms with E-state index < -0.39 is 0 Å². The second kappa shape index (κ2) is 6.90. The Hall–Kier alpha value is -0.870. The van der Waals surface area contributed by atoms with Crippen LogP contribution in [0.25, 0.3) is 0 Å². The lowest BCUT2D eigenvalue weighted by Crippen LogP contribution is -2.15. The van der Waals surface area contributed by atoms with Crippen LogP contribution in [-0.4, -0.2) is 21.6 Å². The lowest BCUT2D eigenvalue weighted by atomic mass is 10.1. The lowest BCUT2D eigenvalue weighted by Gasteiger charge is -2.06. The molecule has 2 N–H and O–H groups in total. The number of ketones is 1. The molecule has 1 unspecified atom stereocenters. The molecule has 1 aromatic heterocycles. The smallest absolute Gasteiger partial charge is 0.138 e. The van der Waals surface area contributed by atoms with Crippen molar-refractivity contribution in [3.8, 4) is 0 Å². The first kappa shape index (κ1) is 15.2. The molecule has 102 valence electrons. The number of nitrogens with two attached hydrogens (primary N) is 1. The molecule has 0 aromatic carbocycles. The highest BCUT2D eigenvalue weighted by molar-refractivity contribution is 6.32. The highest BCUT2D eigenvalue weighted by Crippen LogP contribution is 2.21. The van der Waals surface area contributed by atoms with Crippen LogP contribution in [-0.2, 0) is 17.8 Å². The number of halogens is 1. The number of aryl methyl sites for hydroxylation is 2. The van der Waals surface area contributed by atoms with Gasteiger partial charge in [-0.2, -0.15) is 5.10 Å². The number of hydrogen-bond acceptors (Lipinski definition) is 3. The number of carbonyl (C=O) groups excluding carboxylic acids is 1. The van der Waals surface area contributed by atoms with E-state index in [0.717, 1.165) is 30.8 Å². The summed E-state index contributed by atoms with van der Waals surface area (Å²) in [7, 11) is 0. The molecule has 1 rings (SSSR count). The van der Waals surface area contributed by atoms with Gasteiger partial charge in [-0.15, -0.1) is 0 Å². The third-order valence-corrected chi connectivity index (χ3v) is 3.42. The van der Waals surface area contributed by atoms with Gasteiger partial charge in [-0.3, -0.25) is 9.48 Å². The van der Waals surface area contributed by atoms with E-state index in [1.54, 1.807) is 4.68 Å². The van der Waals surface area contributed by atoms with Gasteiger partial charge in [-0.25, -0.2) is 0 Å². The number of hydrogen-bond donors (Lipinski definition) is 1. The number of rotatable bonds is 7. The summed E-state index contributed by atoms with van der Waals surface area (Å²) in [5.74, 6) is 0.201. The Morgan fingerprint density at radius 3 is 2.78 bits per heavy atom. The van der Waals surface area contributed by atoms with E-state index >= 15 is 0 Å². The fraction of sp³-hybridized carbons (Fsp3) is 0.692. The third kappa shape index (κ3) is 4.10. The molecule has 18 heavy (non-hydrogen) atoms. The van der Waals surface area contributed by atoms with Crippen LogP contribution in [0.4, 0.5) is 0 Å². The Kier molecular flexibility index (Phi) is 5.82. The van der Waals surface area contributed by atoms with Crippen LogP contribution in [0.1, 0.15) is 44.5 Å². The summed E-state index contributed by atoms with van der Waals surface area (Å²) in [6.07, 6.45) is 2.65. The molecule has 0 aliphatic heterocycles. The van der Waals surface area contributed by atoms with Crippen molar-refractivity contribution in [3.05, 3.63) is 16.4 Å². The fourth-order valence-corrected chi connectivity index (χ4v) is 2.14. The van der Waals surface area contributed by atoms with Crippen molar-refractivity contribution in [1.29, 1.82) is 0 Å². The summed E-state index contributed by atoms with van der Waals surface area (Å²) in [6.45, 7) is 6.54. The van der Waals surface area contributed by atoms with E-state index in [-0.39, 0.29) is 11.8 Å². The predicted octanol–water partition coefficient (Wildman–Crippen LogP) is 2.49. The van der Waals surface area contributed by atoms with Gasteiger partial charge in [0, 0.05) is 25.4 Å². The second-order valence-corrected chi connectivity index (χ2v) is 5.12. The number of Topliss-reactive ketones (excluding diaryl/α,β-unsaturated/α-hetero) is 1. The number of nitrogens with zero attached hydrogens (tertiary/aromatic N) is 2. The highest BCUT2D eigenvalue weighted by Gasteiger charge is 2.15. The molecule has 1 heterocycles. The summed E-state index contributed by atoms with van der Waals surface area (Å²) in [4.78, 5) is 11.9. The van der Waals surface area contributed by atoms with E-state index in [9.17, 15) is 4.79 Å². The quantitative estimate of drug-likeness (QED) is 0.829. The zero-order valence-corrected chi connectivity index (χ0v) is 12.1. The molecule has 0 fully saturated rings. The molecule has 0 amide bonds. The Labute approximate surface area is 113 Å². The van der Waals surface area contributed by atoms with Gasteiger partial charge in [0.05, 0.1) is 16.4 Å². The van der Waals surface area contributed by atoms with Crippen LogP contribution in [0.3, 0.4) is 0 Å². The van der Waals surface area contributed by atoms with Crippen molar-refractivity contribution in [2.24, 2.45) is 5.73 Å². The molecule has 5 heteroatoms. The Bertz CT molecular complexity index is 413. The highest BCUT2D eigenvalue weighted by atomic mass is 35.5. The lowest BCUT2D eigenvalue weighted by molar-refractivity contribution is -0.118. The summed E-state index contributed by atoms with van der Waals surface area (Å²) in [5.41, 5.74) is 7.28. The van der Waals surface area contributed by atoms with Crippen LogP contribution >= 0.6 is 11.6 Å². The van der Waals surface area contributed by atoms with Crippen LogP contribution in [0.5, 0.6) is 0 Å². The average molecular weight is 272 g/mol. The van der Waals surface area contributed by atoms with Gasteiger partial charge in [0.1, 0.15) is 5.78 Å². The van der Waals surface area contributed by atoms with Crippen molar-refractivity contribution >= 4 is 17.4 Å². The first-order valence-electron chi connectivity index (χ1n) is 6.44. The van der Waals surface area contributed by atoms with Gasteiger partial charge < -0.3 is 5.73 Å². The first-order valence-corrected chi connectivity index (χ1v) is 6.82. The molecule has 0 aliphatic rings. The standard InChI is InChI=1S/C13H22ClN3O/c1-4-17-12(13(14)10(3)16-17)8-11(18)7-5-6-9(2)15/h9H,4-8,15H2,1-3H3. The maximum absolute atomic E-state index is 11.9. The molecular formula is C13H22ClN3O. The van der Waals surface area contributed by atoms with Gasteiger partial charge in [-0.1, -0.05) is 11.6 Å². The molecule has 1 aromatic rings. The Balaban J connectivity index is 2.59. The molecule has 0 radical (unpaired) electrons. The maximum Gasteiger partial charge on any atom is 0.138 e. The summed E-state index contributed by atoms with van der Waals surface area (Å²) in [5, 5.41) is 4.93. The van der Waals surface area contributed by atoms with E-state index in [0.29, 0.717) is 17.9 Å². The first-order chi connectivity index (χ1) is 8.45. The molecular weight excluding hydrogens is 250 g/mol. The van der Waals surface area contributed by atoms with Gasteiger partial charge in [-0.05, 0) is 33.6 Å². The van der Waals surface area contributed by atoms with Crippen LogP contribution in [0.15, 0.2) is 0 Å². The fourth-order valence-electron chi connectivity index (χ4n) is 1.93. The van der Waals surface area contributed by atoms with Crippen LogP contribution < -0.4 is 5.73 Å². The largest absolute Gasteiger partial charge is 0.328 e. The van der Waals surface area contributed by atoms with E-state index in [1.807, 2.05) is 20.8 Å². The minimum absolute atomic E-state index is 0.157. The summed E-state index contributed by atoms with van der Waals surface area (Å²) in [6, 6.07) is 0.157. The van der Waals surface area contributed by atoms with Crippen LogP contribution in [0.2, 0.25) is 5.02 Å². The average Bonchev–Trinajstić information content (AvgIpc) is 2.56.